The summed E-state index contributed by atoms with van der Waals surface area (Å²) in [4.78, 5) is 16.7. The summed E-state index contributed by atoms with van der Waals surface area (Å²) in [6, 6.07) is 2.03. The number of hydrogen-bond acceptors (Lipinski definition) is 8. The third-order valence-electron chi connectivity index (χ3n) is 2.96. The summed E-state index contributed by atoms with van der Waals surface area (Å²) < 4.78 is 9.53. The highest BCUT2D eigenvalue weighted by Crippen LogP contribution is 2.27. The first kappa shape index (κ1) is 15.1. The van der Waals surface area contributed by atoms with Crippen molar-refractivity contribution >= 4 is 45.2 Å². The lowest BCUT2D eigenvalue weighted by Crippen LogP contribution is -2.08. The molecule has 0 atom stereocenters. The first-order chi connectivity index (χ1) is 10.7. The highest BCUT2D eigenvalue weighted by molar-refractivity contribution is 7.14. The molecule has 3 heterocycles. The van der Waals surface area contributed by atoms with Gasteiger partial charge in [-0.2, -0.15) is 15.7 Å². The summed E-state index contributed by atoms with van der Waals surface area (Å²) in [6.07, 6.45) is 0. The highest BCUT2D eigenvalue weighted by Gasteiger charge is 2.19. The first-order valence-corrected chi connectivity index (χ1v) is 9.06. The molecule has 1 N–H and O–H groups in total. The van der Waals surface area contributed by atoms with Crippen molar-refractivity contribution in [2.75, 3.05) is 12.4 Å². The Hall–Kier alpha value is -1.77. The van der Waals surface area contributed by atoms with Crippen LogP contribution in [0, 0.1) is 6.92 Å². The standard InChI is InChI=1S/C14H13N3O2S3/c1-8-11(13(15-2)22-17-8)14(18)19-5-10-7-21-12(16-10)9-3-4-20-6-9/h3-4,6-7,15H,5H2,1-2H3. The molecule has 8 heteroatoms. The van der Waals surface area contributed by atoms with Gasteiger partial charge in [-0.1, -0.05) is 0 Å². The van der Waals surface area contributed by atoms with E-state index in [4.69, 9.17) is 4.74 Å². The number of rotatable bonds is 5. The van der Waals surface area contributed by atoms with Crippen molar-refractivity contribution in [3.05, 3.63) is 39.2 Å². The second-order valence-electron chi connectivity index (χ2n) is 4.45. The highest BCUT2D eigenvalue weighted by atomic mass is 32.1. The van der Waals surface area contributed by atoms with Gasteiger partial charge in [-0.05, 0) is 29.9 Å². The van der Waals surface area contributed by atoms with E-state index in [1.165, 1.54) is 11.5 Å². The second kappa shape index (κ2) is 6.55. The molecule has 0 saturated heterocycles. The van der Waals surface area contributed by atoms with Gasteiger partial charge in [-0.15, -0.1) is 11.3 Å². The topological polar surface area (TPSA) is 64.1 Å². The number of nitrogens with zero attached hydrogens (tertiary/aromatic N) is 2. The second-order valence-corrected chi connectivity index (χ2v) is 6.87. The molecular formula is C14H13N3O2S3. The number of esters is 1. The molecule has 5 nitrogen and oxygen atoms in total. The summed E-state index contributed by atoms with van der Waals surface area (Å²) >= 11 is 4.44. The van der Waals surface area contributed by atoms with Crippen LogP contribution >= 0.6 is 34.2 Å². The molecule has 114 valence electrons. The normalized spacial score (nSPS) is 10.6. The van der Waals surface area contributed by atoms with Crippen molar-refractivity contribution in [1.29, 1.82) is 0 Å². The zero-order valence-electron chi connectivity index (χ0n) is 12.0. The zero-order valence-corrected chi connectivity index (χ0v) is 14.4. The van der Waals surface area contributed by atoms with Crippen LogP contribution in [-0.2, 0) is 11.3 Å². The molecule has 0 aliphatic rings. The van der Waals surface area contributed by atoms with E-state index in [0.717, 1.165) is 21.3 Å². The fourth-order valence-electron chi connectivity index (χ4n) is 1.88. The van der Waals surface area contributed by atoms with E-state index < -0.39 is 0 Å². The number of thiazole rings is 1. The van der Waals surface area contributed by atoms with Crippen LogP contribution < -0.4 is 5.32 Å². The van der Waals surface area contributed by atoms with Gasteiger partial charge in [0.15, 0.2) is 0 Å². The van der Waals surface area contributed by atoms with Gasteiger partial charge in [0.1, 0.15) is 22.2 Å². The number of hydrogen-bond donors (Lipinski definition) is 1. The van der Waals surface area contributed by atoms with Crippen molar-refractivity contribution in [2.45, 2.75) is 13.5 Å². The number of carbonyl (C=O) groups excluding carboxylic acids is 1. The van der Waals surface area contributed by atoms with Crippen LogP contribution in [0.3, 0.4) is 0 Å². The molecule has 3 aromatic heterocycles. The summed E-state index contributed by atoms with van der Waals surface area (Å²) in [5.41, 5.74) is 3.03. The van der Waals surface area contributed by atoms with Gasteiger partial charge >= 0.3 is 5.97 Å². The molecule has 0 saturated carbocycles. The molecule has 3 rings (SSSR count). The summed E-state index contributed by atoms with van der Waals surface area (Å²) in [6.45, 7) is 1.96. The van der Waals surface area contributed by atoms with Crippen LogP contribution in [0.1, 0.15) is 21.7 Å². The predicted molar refractivity (Wildman–Crippen MR) is 90.9 cm³/mol. The Kier molecular flexibility index (Phi) is 4.51. The average molecular weight is 351 g/mol. The van der Waals surface area contributed by atoms with Crippen molar-refractivity contribution in [3.63, 3.8) is 0 Å². The lowest BCUT2D eigenvalue weighted by Gasteiger charge is -2.04. The number of anilines is 1. The van der Waals surface area contributed by atoms with Gasteiger partial charge in [0.2, 0.25) is 0 Å². The van der Waals surface area contributed by atoms with Crippen LogP contribution in [0.2, 0.25) is 0 Å². The minimum Gasteiger partial charge on any atom is -0.455 e. The van der Waals surface area contributed by atoms with Gasteiger partial charge in [0.05, 0.1) is 11.4 Å². The lowest BCUT2D eigenvalue weighted by molar-refractivity contribution is 0.0469. The van der Waals surface area contributed by atoms with Crippen LogP contribution in [-0.4, -0.2) is 22.4 Å². The van der Waals surface area contributed by atoms with Crippen LogP contribution in [0.15, 0.2) is 22.2 Å². The Labute approximate surface area is 139 Å². The summed E-state index contributed by atoms with van der Waals surface area (Å²) in [5, 5.41) is 10.6. The monoisotopic (exact) mass is 351 g/mol. The fraction of sp³-hybridized carbons (Fsp3) is 0.214. The van der Waals surface area contributed by atoms with E-state index in [9.17, 15) is 4.79 Å². The molecule has 0 unspecified atom stereocenters. The maximum atomic E-state index is 12.2. The van der Waals surface area contributed by atoms with Gasteiger partial charge < -0.3 is 10.1 Å². The molecule has 0 aliphatic carbocycles. The number of carbonyl (C=O) groups is 1. The van der Waals surface area contributed by atoms with Gasteiger partial charge in [-0.3, -0.25) is 0 Å². The molecule has 22 heavy (non-hydrogen) atoms. The van der Waals surface area contributed by atoms with Crippen LogP contribution in [0.4, 0.5) is 5.00 Å². The van der Waals surface area contributed by atoms with Gasteiger partial charge in [-0.25, -0.2) is 9.78 Å². The SMILES string of the molecule is CNc1snc(C)c1C(=O)OCc1csc(-c2ccsc2)n1. The molecular weight excluding hydrogens is 338 g/mol. The molecule has 0 amide bonds. The van der Waals surface area contributed by atoms with E-state index in [0.29, 0.717) is 11.3 Å². The molecule has 0 fully saturated rings. The number of nitrogens with one attached hydrogen (secondary N) is 1. The Balaban J connectivity index is 1.68. The largest absolute Gasteiger partial charge is 0.455 e. The maximum Gasteiger partial charge on any atom is 0.343 e. The number of aryl methyl sites for hydroxylation is 1. The van der Waals surface area contributed by atoms with Crippen molar-refractivity contribution < 1.29 is 9.53 Å². The van der Waals surface area contributed by atoms with E-state index in [1.54, 1.807) is 36.6 Å². The predicted octanol–water partition coefficient (Wildman–Crippen LogP) is 4.04. The molecule has 0 aromatic carbocycles. The van der Waals surface area contributed by atoms with Crippen molar-refractivity contribution in [2.24, 2.45) is 0 Å². The quantitative estimate of drug-likeness (QED) is 0.703. The first-order valence-electron chi connectivity index (χ1n) is 6.47. The Bertz CT molecular complexity index is 777. The Morgan fingerprint density at radius 1 is 1.41 bits per heavy atom. The average Bonchev–Trinajstić information content (AvgIpc) is 3.24. The summed E-state index contributed by atoms with van der Waals surface area (Å²) in [5.74, 6) is -0.374. The van der Waals surface area contributed by atoms with E-state index in [2.05, 4.69) is 14.7 Å². The van der Waals surface area contributed by atoms with E-state index in [1.807, 2.05) is 22.2 Å². The molecule has 0 bridgehead atoms. The van der Waals surface area contributed by atoms with Crippen LogP contribution in [0.25, 0.3) is 10.6 Å². The Morgan fingerprint density at radius 3 is 3.00 bits per heavy atom. The lowest BCUT2D eigenvalue weighted by atomic mass is 10.2. The van der Waals surface area contributed by atoms with Gasteiger partial charge in [0, 0.05) is 23.4 Å². The third kappa shape index (κ3) is 3.03. The van der Waals surface area contributed by atoms with Gasteiger partial charge in [0.25, 0.3) is 0 Å². The minimum atomic E-state index is -0.374. The molecule has 0 radical (unpaired) electrons. The molecule has 0 aliphatic heterocycles. The van der Waals surface area contributed by atoms with E-state index in [-0.39, 0.29) is 12.6 Å². The maximum absolute atomic E-state index is 12.2. The van der Waals surface area contributed by atoms with Crippen LogP contribution in [0.5, 0.6) is 0 Å². The van der Waals surface area contributed by atoms with E-state index >= 15 is 0 Å². The Morgan fingerprint density at radius 2 is 2.27 bits per heavy atom. The smallest absolute Gasteiger partial charge is 0.343 e. The molecule has 3 aromatic rings. The molecule has 0 spiro atoms. The minimum absolute atomic E-state index is 0.165. The fourth-order valence-corrected chi connectivity index (χ4v) is 4.13. The number of thiophene rings is 1. The number of ether oxygens (including phenoxy) is 1. The van der Waals surface area contributed by atoms with Crippen molar-refractivity contribution in [3.8, 4) is 10.6 Å². The zero-order chi connectivity index (χ0) is 15.5. The summed E-state index contributed by atoms with van der Waals surface area (Å²) in [7, 11) is 1.76. The van der Waals surface area contributed by atoms with Crippen molar-refractivity contribution in [1.82, 2.24) is 9.36 Å². The number of aromatic nitrogens is 2. The third-order valence-corrected chi connectivity index (χ3v) is 5.54.